The van der Waals surface area contributed by atoms with E-state index in [1.807, 2.05) is 36.4 Å². The minimum absolute atomic E-state index is 0.159. The maximum absolute atomic E-state index is 12.6. The van der Waals surface area contributed by atoms with Crippen molar-refractivity contribution in [2.45, 2.75) is 18.9 Å². The van der Waals surface area contributed by atoms with Gasteiger partial charge < -0.3 is 10.1 Å². The van der Waals surface area contributed by atoms with Crippen LogP contribution in [0.4, 0.5) is 5.69 Å². The van der Waals surface area contributed by atoms with Crippen molar-refractivity contribution in [3.63, 3.8) is 0 Å². The molecule has 3 rings (SSSR count). The molecule has 2 amide bonds. The predicted molar refractivity (Wildman–Crippen MR) is 105 cm³/mol. The molecule has 1 N–H and O–H groups in total. The van der Waals surface area contributed by atoms with Crippen LogP contribution in [0.3, 0.4) is 0 Å². The van der Waals surface area contributed by atoms with E-state index in [-0.39, 0.29) is 18.2 Å². The number of amides is 2. The van der Waals surface area contributed by atoms with Crippen LogP contribution in [0.5, 0.6) is 5.75 Å². The molecular formula is C19H19IN2O3. The summed E-state index contributed by atoms with van der Waals surface area (Å²) in [6.45, 7) is 0.635. The second kappa shape index (κ2) is 7.97. The average Bonchev–Trinajstić information content (AvgIpc) is 2.90. The highest BCUT2D eigenvalue weighted by atomic mass is 127. The Kier molecular flexibility index (Phi) is 5.70. The first kappa shape index (κ1) is 17.9. The lowest BCUT2D eigenvalue weighted by molar-refractivity contribution is -0.121. The van der Waals surface area contributed by atoms with Crippen LogP contribution in [0, 0.1) is 3.57 Å². The van der Waals surface area contributed by atoms with E-state index in [0.29, 0.717) is 12.2 Å². The van der Waals surface area contributed by atoms with Gasteiger partial charge in [0.25, 0.3) is 5.91 Å². The van der Waals surface area contributed by atoms with Crippen LogP contribution in [0.15, 0.2) is 48.5 Å². The number of imide groups is 1. The lowest BCUT2D eigenvalue weighted by Crippen LogP contribution is -2.39. The van der Waals surface area contributed by atoms with Crippen LogP contribution in [0.2, 0.25) is 0 Å². The molecule has 25 heavy (non-hydrogen) atoms. The molecule has 0 spiro atoms. The van der Waals surface area contributed by atoms with E-state index < -0.39 is 6.04 Å². The summed E-state index contributed by atoms with van der Waals surface area (Å²) in [5.41, 5.74) is 1.79. The van der Waals surface area contributed by atoms with E-state index >= 15 is 0 Å². The molecule has 2 aromatic rings. The highest BCUT2D eigenvalue weighted by molar-refractivity contribution is 14.1. The number of anilines is 1. The molecule has 5 nitrogen and oxygen atoms in total. The maximum Gasteiger partial charge on any atom is 0.251 e. The topological polar surface area (TPSA) is 58.6 Å². The van der Waals surface area contributed by atoms with Crippen LogP contribution in [-0.2, 0) is 16.0 Å². The van der Waals surface area contributed by atoms with E-state index in [2.05, 4.69) is 27.9 Å². The van der Waals surface area contributed by atoms with Crippen LogP contribution >= 0.6 is 22.6 Å². The molecule has 0 saturated carbocycles. The molecular weight excluding hydrogens is 431 g/mol. The number of nitrogens with one attached hydrogen (secondary N) is 1. The molecule has 1 atom stereocenters. The van der Waals surface area contributed by atoms with Gasteiger partial charge in [0.05, 0.1) is 25.3 Å². The Morgan fingerprint density at radius 1 is 1.12 bits per heavy atom. The van der Waals surface area contributed by atoms with Crippen LogP contribution in [0.25, 0.3) is 0 Å². The molecule has 6 heteroatoms. The first-order valence-electron chi connectivity index (χ1n) is 8.07. The Morgan fingerprint density at radius 3 is 2.44 bits per heavy atom. The van der Waals surface area contributed by atoms with Crippen molar-refractivity contribution in [3.8, 4) is 5.75 Å². The van der Waals surface area contributed by atoms with Crippen molar-refractivity contribution in [1.82, 2.24) is 5.32 Å². The van der Waals surface area contributed by atoms with Gasteiger partial charge in [0.2, 0.25) is 5.91 Å². The highest BCUT2D eigenvalue weighted by Crippen LogP contribution is 2.23. The van der Waals surface area contributed by atoms with Crippen molar-refractivity contribution in [3.05, 3.63) is 57.7 Å². The number of nitrogens with zero attached hydrogens (tertiary/aromatic N) is 1. The summed E-state index contributed by atoms with van der Waals surface area (Å²) in [7, 11) is 1.64. The molecule has 1 saturated heterocycles. The molecule has 0 bridgehead atoms. The monoisotopic (exact) mass is 450 g/mol. The van der Waals surface area contributed by atoms with Crippen LogP contribution in [-0.4, -0.2) is 31.5 Å². The Balaban J connectivity index is 1.57. The second-order valence-electron chi connectivity index (χ2n) is 5.85. The van der Waals surface area contributed by atoms with Crippen LogP contribution in [0.1, 0.15) is 12.0 Å². The fraction of sp³-hybridized carbons (Fsp3) is 0.263. The summed E-state index contributed by atoms with van der Waals surface area (Å²) in [6, 6.07) is 14.8. The number of rotatable bonds is 6. The number of carbonyl (C=O) groups excluding carboxylic acids is 2. The SMILES string of the molecule is COc1ccc(CCN[C@H]2CC(=O)N(c3ccc(I)cc3)C2=O)cc1. The van der Waals surface area contributed by atoms with Gasteiger partial charge in [0.1, 0.15) is 5.75 Å². The van der Waals surface area contributed by atoms with Gasteiger partial charge in [0, 0.05) is 3.57 Å². The molecule has 1 fully saturated rings. The number of hydrogen-bond donors (Lipinski definition) is 1. The van der Waals surface area contributed by atoms with Gasteiger partial charge in [-0.2, -0.15) is 0 Å². The quantitative estimate of drug-likeness (QED) is 0.544. The zero-order valence-electron chi connectivity index (χ0n) is 13.9. The molecule has 1 heterocycles. The van der Waals surface area contributed by atoms with Crippen molar-refractivity contribution in [1.29, 1.82) is 0 Å². The van der Waals surface area contributed by atoms with Crippen molar-refractivity contribution < 1.29 is 14.3 Å². The fourth-order valence-corrected chi connectivity index (χ4v) is 3.20. The number of carbonyl (C=O) groups is 2. The van der Waals surface area contributed by atoms with Crippen molar-refractivity contribution >= 4 is 40.1 Å². The molecule has 0 unspecified atom stereocenters. The Hall–Kier alpha value is -1.93. The summed E-state index contributed by atoms with van der Waals surface area (Å²) in [5, 5.41) is 3.21. The first-order valence-corrected chi connectivity index (χ1v) is 9.15. The fourth-order valence-electron chi connectivity index (χ4n) is 2.84. The average molecular weight is 450 g/mol. The Bertz CT molecular complexity index is 759. The van der Waals surface area contributed by atoms with Crippen molar-refractivity contribution in [2.75, 3.05) is 18.6 Å². The van der Waals surface area contributed by atoms with Gasteiger partial charge in [-0.05, 0) is 77.5 Å². The highest BCUT2D eigenvalue weighted by Gasteiger charge is 2.39. The lowest BCUT2D eigenvalue weighted by atomic mass is 10.1. The van der Waals surface area contributed by atoms with Gasteiger partial charge in [-0.15, -0.1) is 0 Å². The van der Waals surface area contributed by atoms with E-state index in [0.717, 1.165) is 21.3 Å². The molecule has 130 valence electrons. The van der Waals surface area contributed by atoms with Gasteiger partial charge in [-0.3, -0.25) is 9.59 Å². The third-order valence-electron chi connectivity index (χ3n) is 4.19. The molecule has 1 aliphatic rings. The van der Waals surface area contributed by atoms with E-state index in [1.54, 1.807) is 19.2 Å². The molecule has 2 aromatic carbocycles. The number of halogens is 1. The number of methoxy groups -OCH3 is 1. The van der Waals surface area contributed by atoms with Gasteiger partial charge in [-0.1, -0.05) is 12.1 Å². The minimum atomic E-state index is -0.454. The van der Waals surface area contributed by atoms with E-state index in [9.17, 15) is 9.59 Å². The number of benzene rings is 2. The molecule has 1 aliphatic heterocycles. The summed E-state index contributed by atoms with van der Waals surface area (Å²) in [5.74, 6) is 0.482. The van der Waals surface area contributed by atoms with E-state index in [1.165, 1.54) is 4.90 Å². The number of hydrogen-bond acceptors (Lipinski definition) is 4. The second-order valence-corrected chi connectivity index (χ2v) is 7.10. The van der Waals surface area contributed by atoms with Crippen LogP contribution < -0.4 is 15.0 Å². The molecule has 0 aliphatic carbocycles. The van der Waals surface area contributed by atoms with Gasteiger partial charge >= 0.3 is 0 Å². The lowest BCUT2D eigenvalue weighted by Gasteiger charge is -2.15. The third-order valence-corrected chi connectivity index (χ3v) is 4.91. The predicted octanol–water partition coefficient (Wildman–Crippen LogP) is 2.76. The van der Waals surface area contributed by atoms with Gasteiger partial charge in [-0.25, -0.2) is 4.90 Å². The molecule has 0 radical (unpaired) electrons. The Morgan fingerprint density at radius 2 is 1.80 bits per heavy atom. The van der Waals surface area contributed by atoms with E-state index in [4.69, 9.17) is 4.74 Å². The normalized spacial score (nSPS) is 17.2. The largest absolute Gasteiger partial charge is 0.497 e. The zero-order chi connectivity index (χ0) is 17.8. The molecule has 0 aromatic heterocycles. The summed E-state index contributed by atoms with van der Waals surface area (Å²) < 4.78 is 6.20. The first-order chi connectivity index (χ1) is 12.1. The zero-order valence-corrected chi connectivity index (χ0v) is 16.0. The van der Waals surface area contributed by atoms with Crippen molar-refractivity contribution in [2.24, 2.45) is 0 Å². The standard InChI is InChI=1S/C19H19IN2O3/c1-25-16-8-2-13(3-9-16)10-11-21-17-12-18(23)22(19(17)24)15-6-4-14(20)5-7-15/h2-9,17,21H,10-12H2,1H3/t17-/m0/s1. The Labute approximate surface area is 160 Å². The van der Waals surface area contributed by atoms with Gasteiger partial charge in [0.15, 0.2) is 0 Å². The maximum atomic E-state index is 12.6. The summed E-state index contributed by atoms with van der Waals surface area (Å²) >= 11 is 2.19. The number of ether oxygens (including phenoxy) is 1. The summed E-state index contributed by atoms with van der Waals surface area (Å²) in [6.07, 6.45) is 0.985. The summed E-state index contributed by atoms with van der Waals surface area (Å²) in [4.78, 5) is 26.1. The minimum Gasteiger partial charge on any atom is -0.497 e. The smallest absolute Gasteiger partial charge is 0.251 e. The third kappa shape index (κ3) is 4.19.